The van der Waals surface area contributed by atoms with Crippen molar-refractivity contribution in [1.82, 2.24) is 5.32 Å². The second kappa shape index (κ2) is 34.1. The molecular weight excluding hydrogens is 555 g/mol. The Morgan fingerprint density at radius 1 is 0.500 bits per heavy atom. The van der Waals surface area contributed by atoms with Crippen LogP contribution in [0.1, 0.15) is 194 Å². The van der Waals surface area contributed by atoms with Crippen LogP contribution in [0, 0.1) is 5.41 Å². The average Bonchev–Trinajstić information content (AvgIpc) is 3.01. The van der Waals surface area contributed by atoms with Gasteiger partial charge in [0.15, 0.2) is 0 Å². The Hall–Kier alpha value is -0.250. The molecule has 0 amide bonds. The molecule has 0 aromatic carbocycles. The van der Waals surface area contributed by atoms with Crippen LogP contribution in [0.2, 0.25) is 0 Å². The molecule has 1 fully saturated rings. The van der Waals surface area contributed by atoms with E-state index in [1.54, 1.807) is 0 Å². The van der Waals surface area contributed by atoms with E-state index in [0.717, 1.165) is 26.3 Å². The first kappa shape index (κ1) is 41.8. The second-order valence-electron chi connectivity index (χ2n) is 14.1. The van der Waals surface area contributed by atoms with Crippen molar-refractivity contribution in [1.29, 1.82) is 0 Å². The monoisotopic (exact) mass is 634 g/mol. The van der Waals surface area contributed by atoms with Gasteiger partial charge in [-0.25, -0.2) is 0 Å². The zero-order chi connectivity index (χ0) is 31.5. The topological polar surface area (TPSA) is 21.3 Å². The molecule has 1 saturated heterocycles. The minimum absolute atomic E-state index is 0.413. The highest BCUT2D eigenvalue weighted by Crippen LogP contribution is 2.29. The fourth-order valence-electron chi connectivity index (χ4n) is 6.20. The van der Waals surface area contributed by atoms with Crippen LogP contribution < -0.4 is 5.32 Å². The largest absolute Gasteiger partial charge is 0.381 e. The van der Waals surface area contributed by atoms with Gasteiger partial charge in [0.1, 0.15) is 0 Å². The van der Waals surface area contributed by atoms with Crippen molar-refractivity contribution in [3.05, 3.63) is 24.3 Å². The van der Waals surface area contributed by atoms with Gasteiger partial charge in [-0.1, -0.05) is 154 Å². The van der Waals surface area contributed by atoms with Crippen molar-refractivity contribution in [3.8, 4) is 0 Å². The van der Waals surface area contributed by atoms with Crippen LogP contribution in [0.25, 0.3) is 0 Å². The third-order valence-corrected chi connectivity index (χ3v) is 10.8. The van der Waals surface area contributed by atoms with E-state index in [4.69, 9.17) is 4.74 Å². The summed E-state index contributed by atoms with van der Waals surface area (Å²) in [6.07, 6.45) is 48.4. The van der Waals surface area contributed by atoms with Gasteiger partial charge >= 0.3 is 0 Å². The van der Waals surface area contributed by atoms with Crippen LogP contribution >= 0.6 is 11.8 Å². The predicted octanol–water partition coefficient (Wildman–Crippen LogP) is 13.4. The third kappa shape index (κ3) is 28.0. The van der Waals surface area contributed by atoms with Crippen LogP contribution in [0.4, 0.5) is 0 Å². The Kier molecular flexibility index (Phi) is 32.4. The summed E-state index contributed by atoms with van der Waals surface area (Å²) in [5.74, 6) is 2.61. The lowest BCUT2D eigenvalue weighted by atomic mass is 9.85. The molecule has 260 valence electrons. The Morgan fingerprint density at radius 3 is 1.30 bits per heavy atom. The van der Waals surface area contributed by atoms with Gasteiger partial charge in [0.25, 0.3) is 0 Å². The van der Waals surface area contributed by atoms with Crippen molar-refractivity contribution < 1.29 is 4.74 Å². The van der Waals surface area contributed by atoms with E-state index in [-0.39, 0.29) is 0 Å². The maximum atomic E-state index is 6.18. The van der Waals surface area contributed by atoms with E-state index in [1.165, 1.54) is 191 Å². The van der Waals surface area contributed by atoms with Gasteiger partial charge < -0.3 is 10.1 Å². The molecule has 2 nitrogen and oxygen atoms in total. The van der Waals surface area contributed by atoms with Gasteiger partial charge in [0.05, 0.1) is 6.61 Å². The average molecular weight is 634 g/mol. The number of rotatable bonds is 36. The molecule has 0 radical (unpaired) electrons. The summed E-state index contributed by atoms with van der Waals surface area (Å²) in [6.45, 7) is 8.82. The molecule has 1 aliphatic rings. The third-order valence-electron chi connectivity index (χ3n) is 9.42. The lowest BCUT2D eigenvalue weighted by Crippen LogP contribution is -2.57. The van der Waals surface area contributed by atoms with Gasteiger partial charge in [-0.3, -0.25) is 0 Å². The van der Waals surface area contributed by atoms with E-state index in [0.29, 0.717) is 5.41 Å². The number of hydrogen-bond acceptors (Lipinski definition) is 3. The summed E-state index contributed by atoms with van der Waals surface area (Å²) in [4.78, 5) is 0. The number of thioether (sulfide) groups is 1. The molecule has 0 aliphatic carbocycles. The predicted molar refractivity (Wildman–Crippen MR) is 202 cm³/mol. The molecular formula is C41H79NOS. The number of unbranched alkanes of at least 4 members (excludes halogenated alkanes) is 24. The summed E-state index contributed by atoms with van der Waals surface area (Å²) < 4.78 is 6.18. The number of ether oxygens (including phenoxy) is 1. The van der Waals surface area contributed by atoms with Gasteiger partial charge in [0, 0.05) is 30.9 Å². The van der Waals surface area contributed by atoms with E-state index in [1.807, 2.05) is 0 Å². The second-order valence-corrected chi connectivity index (χ2v) is 15.2. The zero-order valence-electron chi connectivity index (χ0n) is 30.2. The SMILES string of the molecule is CCCCCCCC/C=C\CCCCCCCCOCC1(CSCCCCCCCC/C=C\CCCCCCCC)CNC1. The maximum Gasteiger partial charge on any atom is 0.0554 e. The number of allylic oxidation sites excluding steroid dienone is 4. The fraction of sp³-hybridized carbons (Fsp3) is 0.902. The lowest BCUT2D eigenvalue weighted by Gasteiger charge is -2.42. The molecule has 3 heteroatoms. The molecule has 0 bridgehead atoms. The lowest BCUT2D eigenvalue weighted by molar-refractivity contribution is 0.0241. The fourth-order valence-corrected chi connectivity index (χ4v) is 7.48. The number of nitrogens with one attached hydrogen (secondary N) is 1. The van der Waals surface area contributed by atoms with Crippen molar-refractivity contribution >= 4 is 11.8 Å². The van der Waals surface area contributed by atoms with Crippen LogP contribution in [-0.4, -0.2) is 37.8 Å². The van der Waals surface area contributed by atoms with Crippen LogP contribution in [0.5, 0.6) is 0 Å². The molecule has 44 heavy (non-hydrogen) atoms. The van der Waals surface area contributed by atoms with E-state index in [9.17, 15) is 0 Å². The summed E-state index contributed by atoms with van der Waals surface area (Å²) in [5, 5.41) is 3.52. The molecule has 1 rings (SSSR count). The minimum atomic E-state index is 0.413. The van der Waals surface area contributed by atoms with Crippen molar-refractivity contribution in [2.24, 2.45) is 5.41 Å². The Labute approximate surface area is 282 Å². The molecule has 0 saturated carbocycles. The molecule has 1 heterocycles. The zero-order valence-corrected chi connectivity index (χ0v) is 31.0. The standard InChI is InChI=1S/C41H79NOS/c1-3-5-7-9-11-13-15-17-19-21-23-25-27-29-31-33-35-43-39-41(37-42-38-41)40-44-36-34-32-30-28-26-24-22-20-18-16-14-12-10-8-6-4-2/h17-20,42H,3-16,21-40H2,1-2H3/b19-17-,20-18-. The van der Waals surface area contributed by atoms with Crippen LogP contribution in [0.15, 0.2) is 24.3 Å². The smallest absolute Gasteiger partial charge is 0.0554 e. The van der Waals surface area contributed by atoms with Crippen molar-refractivity contribution in [3.63, 3.8) is 0 Å². The summed E-state index contributed by atoms with van der Waals surface area (Å²) >= 11 is 2.18. The Morgan fingerprint density at radius 2 is 0.886 bits per heavy atom. The molecule has 0 atom stereocenters. The molecule has 1 N–H and O–H groups in total. The van der Waals surface area contributed by atoms with Gasteiger partial charge in [0.2, 0.25) is 0 Å². The van der Waals surface area contributed by atoms with Gasteiger partial charge in [-0.05, 0) is 70.0 Å². The van der Waals surface area contributed by atoms with Gasteiger partial charge in [-0.2, -0.15) is 11.8 Å². The first-order valence-corrected chi connectivity index (χ1v) is 21.1. The maximum absolute atomic E-state index is 6.18. The first-order valence-electron chi connectivity index (χ1n) is 20.0. The van der Waals surface area contributed by atoms with Crippen LogP contribution in [0.3, 0.4) is 0 Å². The summed E-state index contributed by atoms with van der Waals surface area (Å²) in [6, 6.07) is 0. The summed E-state index contributed by atoms with van der Waals surface area (Å²) in [5.41, 5.74) is 0.413. The first-order chi connectivity index (χ1) is 21.8. The molecule has 1 aliphatic heterocycles. The highest BCUT2D eigenvalue weighted by atomic mass is 32.2. The van der Waals surface area contributed by atoms with Gasteiger partial charge in [-0.15, -0.1) is 0 Å². The van der Waals surface area contributed by atoms with E-state index < -0.39 is 0 Å². The Balaban J connectivity index is 1.81. The normalized spacial score (nSPS) is 14.7. The van der Waals surface area contributed by atoms with Crippen LogP contribution in [-0.2, 0) is 4.74 Å². The van der Waals surface area contributed by atoms with E-state index in [2.05, 4.69) is 55.2 Å². The van der Waals surface area contributed by atoms with Crippen molar-refractivity contribution in [2.75, 3.05) is 37.8 Å². The summed E-state index contributed by atoms with van der Waals surface area (Å²) in [7, 11) is 0. The molecule has 0 spiro atoms. The molecule has 0 aromatic rings. The van der Waals surface area contributed by atoms with E-state index >= 15 is 0 Å². The Bertz CT molecular complexity index is 566. The quantitative estimate of drug-likeness (QED) is 0.0548. The number of hydrogen-bond donors (Lipinski definition) is 1. The highest BCUT2D eigenvalue weighted by molar-refractivity contribution is 7.99. The molecule has 0 aromatic heterocycles. The van der Waals surface area contributed by atoms with Crippen molar-refractivity contribution in [2.45, 2.75) is 194 Å². The minimum Gasteiger partial charge on any atom is -0.381 e. The highest BCUT2D eigenvalue weighted by Gasteiger charge is 2.36. The molecule has 0 unspecified atom stereocenters.